The molecule has 0 saturated carbocycles. The fourth-order valence-electron chi connectivity index (χ4n) is 1.40. The van der Waals surface area contributed by atoms with Crippen molar-refractivity contribution in [2.75, 3.05) is 0 Å². The van der Waals surface area contributed by atoms with Crippen LogP contribution in [0, 0.1) is 0 Å². The van der Waals surface area contributed by atoms with Gasteiger partial charge >= 0.3 is 0 Å². The standard InChI is InChI=1S/C10H8ClNO/c11-9-6-7(2-4-13)5-8-1-3-12-10(8)9/h1,3-6,12H,2H2. The topological polar surface area (TPSA) is 32.9 Å². The molecule has 1 aromatic heterocycles. The van der Waals surface area contributed by atoms with Crippen LogP contribution in [0.15, 0.2) is 24.4 Å². The maximum atomic E-state index is 10.3. The number of carbonyl (C=O) groups excluding carboxylic acids is 1. The minimum atomic E-state index is 0.417. The van der Waals surface area contributed by atoms with Gasteiger partial charge in [0.2, 0.25) is 0 Å². The molecule has 1 heterocycles. The van der Waals surface area contributed by atoms with Gasteiger partial charge in [-0.05, 0) is 23.8 Å². The predicted molar refractivity (Wildman–Crippen MR) is 53.1 cm³/mol. The van der Waals surface area contributed by atoms with E-state index < -0.39 is 0 Å². The number of hydrogen-bond acceptors (Lipinski definition) is 1. The van der Waals surface area contributed by atoms with Crippen molar-refractivity contribution in [3.8, 4) is 0 Å². The number of aromatic nitrogens is 1. The quantitative estimate of drug-likeness (QED) is 0.731. The number of carbonyl (C=O) groups is 1. The summed E-state index contributed by atoms with van der Waals surface area (Å²) >= 11 is 5.99. The Morgan fingerprint density at radius 3 is 3.08 bits per heavy atom. The molecule has 0 spiro atoms. The minimum Gasteiger partial charge on any atom is -0.360 e. The summed E-state index contributed by atoms with van der Waals surface area (Å²) in [4.78, 5) is 13.3. The van der Waals surface area contributed by atoms with E-state index in [0.717, 1.165) is 22.8 Å². The molecule has 0 amide bonds. The summed E-state index contributed by atoms with van der Waals surface area (Å²) in [5.41, 5.74) is 1.88. The Bertz CT molecular complexity index is 447. The number of nitrogens with one attached hydrogen (secondary N) is 1. The lowest BCUT2D eigenvalue weighted by molar-refractivity contribution is -0.107. The highest BCUT2D eigenvalue weighted by Gasteiger charge is 2.02. The average Bonchev–Trinajstić information content (AvgIpc) is 2.53. The van der Waals surface area contributed by atoms with Crippen LogP contribution in [0.4, 0.5) is 0 Å². The van der Waals surface area contributed by atoms with Crippen molar-refractivity contribution in [2.24, 2.45) is 0 Å². The van der Waals surface area contributed by atoms with Gasteiger partial charge < -0.3 is 9.78 Å². The highest BCUT2D eigenvalue weighted by atomic mass is 35.5. The Morgan fingerprint density at radius 2 is 2.31 bits per heavy atom. The number of benzene rings is 1. The zero-order chi connectivity index (χ0) is 9.26. The first-order valence-corrected chi connectivity index (χ1v) is 4.38. The summed E-state index contributed by atoms with van der Waals surface area (Å²) < 4.78 is 0. The first kappa shape index (κ1) is 8.32. The molecule has 2 aromatic rings. The van der Waals surface area contributed by atoms with Crippen LogP contribution in [0.2, 0.25) is 5.02 Å². The molecule has 0 aliphatic carbocycles. The van der Waals surface area contributed by atoms with Gasteiger partial charge in [-0.15, -0.1) is 0 Å². The van der Waals surface area contributed by atoms with E-state index in [1.807, 2.05) is 24.4 Å². The molecule has 1 aromatic carbocycles. The molecule has 1 N–H and O–H groups in total. The van der Waals surface area contributed by atoms with Crippen molar-refractivity contribution in [3.63, 3.8) is 0 Å². The van der Waals surface area contributed by atoms with E-state index in [9.17, 15) is 4.79 Å². The second-order valence-corrected chi connectivity index (χ2v) is 3.30. The average molecular weight is 194 g/mol. The summed E-state index contributed by atoms with van der Waals surface area (Å²) in [5, 5.41) is 1.71. The molecular weight excluding hydrogens is 186 g/mol. The summed E-state index contributed by atoms with van der Waals surface area (Å²) in [6.07, 6.45) is 3.13. The summed E-state index contributed by atoms with van der Waals surface area (Å²) in [7, 11) is 0. The molecule has 2 nitrogen and oxygen atoms in total. The molecule has 0 bridgehead atoms. The molecule has 0 unspecified atom stereocenters. The number of aldehydes is 1. The van der Waals surface area contributed by atoms with Gasteiger partial charge in [0.15, 0.2) is 0 Å². The summed E-state index contributed by atoms with van der Waals surface area (Å²) in [6, 6.07) is 5.72. The van der Waals surface area contributed by atoms with Gasteiger partial charge in [-0.2, -0.15) is 0 Å². The lowest BCUT2D eigenvalue weighted by Crippen LogP contribution is -1.85. The highest BCUT2D eigenvalue weighted by molar-refractivity contribution is 6.35. The largest absolute Gasteiger partial charge is 0.360 e. The number of aromatic amines is 1. The van der Waals surface area contributed by atoms with E-state index in [0.29, 0.717) is 11.4 Å². The van der Waals surface area contributed by atoms with Crippen molar-refractivity contribution >= 4 is 28.8 Å². The Morgan fingerprint density at radius 1 is 1.46 bits per heavy atom. The van der Waals surface area contributed by atoms with Crippen LogP contribution in [0.25, 0.3) is 10.9 Å². The fourth-order valence-corrected chi connectivity index (χ4v) is 1.70. The number of hydrogen-bond donors (Lipinski definition) is 1. The van der Waals surface area contributed by atoms with Crippen LogP contribution in [0.3, 0.4) is 0 Å². The van der Waals surface area contributed by atoms with Crippen LogP contribution in [-0.2, 0) is 11.2 Å². The van der Waals surface area contributed by atoms with Gasteiger partial charge in [0, 0.05) is 18.0 Å². The first-order valence-electron chi connectivity index (χ1n) is 4.00. The van der Waals surface area contributed by atoms with E-state index in [4.69, 9.17) is 11.6 Å². The SMILES string of the molecule is O=CCc1cc(Cl)c2[nH]ccc2c1. The van der Waals surface area contributed by atoms with Crippen molar-refractivity contribution in [1.29, 1.82) is 0 Å². The second kappa shape index (κ2) is 3.23. The third kappa shape index (κ3) is 1.45. The maximum absolute atomic E-state index is 10.3. The van der Waals surface area contributed by atoms with Crippen molar-refractivity contribution < 1.29 is 4.79 Å². The van der Waals surface area contributed by atoms with E-state index in [1.54, 1.807) is 0 Å². The lowest BCUT2D eigenvalue weighted by Gasteiger charge is -1.98. The van der Waals surface area contributed by atoms with E-state index in [-0.39, 0.29) is 0 Å². The first-order chi connectivity index (χ1) is 6.31. The Kier molecular flexibility index (Phi) is 2.07. The fraction of sp³-hybridized carbons (Fsp3) is 0.100. The second-order valence-electron chi connectivity index (χ2n) is 2.89. The van der Waals surface area contributed by atoms with Crippen LogP contribution < -0.4 is 0 Å². The molecule has 0 radical (unpaired) electrons. The van der Waals surface area contributed by atoms with E-state index in [1.165, 1.54) is 0 Å². The van der Waals surface area contributed by atoms with Gasteiger partial charge in [0.25, 0.3) is 0 Å². The summed E-state index contributed by atoms with van der Waals surface area (Å²) in [6.45, 7) is 0. The molecule has 2 rings (SSSR count). The van der Waals surface area contributed by atoms with Crippen LogP contribution in [0.5, 0.6) is 0 Å². The van der Waals surface area contributed by atoms with Crippen molar-refractivity contribution in [2.45, 2.75) is 6.42 Å². The van der Waals surface area contributed by atoms with Crippen molar-refractivity contribution in [3.05, 3.63) is 35.0 Å². The maximum Gasteiger partial charge on any atom is 0.124 e. The third-order valence-corrected chi connectivity index (χ3v) is 2.29. The molecule has 13 heavy (non-hydrogen) atoms. The molecule has 3 heteroatoms. The minimum absolute atomic E-state index is 0.417. The number of H-pyrrole nitrogens is 1. The Balaban J connectivity index is 2.62. The van der Waals surface area contributed by atoms with Gasteiger partial charge in [-0.3, -0.25) is 0 Å². The molecule has 0 atom stereocenters. The van der Waals surface area contributed by atoms with Gasteiger partial charge in [-0.25, -0.2) is 0 Å². The predicted octanol–water partition coefficient (Wildman–Crippen LogP) is 2.56. The molecular formula is C10H8ClNO. The lowest BCUT2D eigenvalue weighted by atomic mass is 10.1. The highest BCUT2D eigenvalue weighted by Crippen LogP contribution is 2.23. The van der Waals surface area contributed by atoms with Crippen LogP contribution >= 0.6 is 11.6 Å². The Hall–Kier alpha value is -1.28. The third-order valence-electron chi connectivity index (χ3n) is 1.99. The molecule has 0 aliphatic rings. The molecule has 66 valence electrons. The summed E-state index contributed by atoms with van der Waals surface area (Å²) in [5.74, 6) is 0. The van der Waals surface area contributed by atoms with Gasteiger partial charge in [0.1, 0.15) is 6.29 Å². The van der Waals surface area contributed by atoms with Gasteiger partial charge in [-0.1, -0.05) is 11.6 Å². The smallest absolute Gasteiger partial charge is 0.124 e. The normalized spacial score (nSPS) is 10.5. The Labute approximate surface area is 80.5 Å². The molecule has 0 saturated heterocycles. The van der Waals surface area contributed by atoms with E-state index in [2.05, 4.69) is 4.98 Å². The van der Waals surface area contributed by atoms with Crippen LogP contribution in [0.1, 0.15) is 5.56 Å². The van der Waals surface area contributed by atoms with Gasteiger partial charge in [0.05, 0.1) is 10.5 Å². The molecule has 0 fully saturated rings. The number of fused-ring (bicyclic) bond motifs is 1. The van der Waals surface area contributed by atoms with Crippen LogP contribution in [-0.4, -0.2) is 11.3 Å². The van der Waals surface area contributed by atoms with Crippen molar-refractivity contribution in [1.82, 2.24) is 4.98 Å². The molecule has 0 aliphatic heterocycles. The zero-order valence-electron chi connectivity index (χ0n) is 6.88. The zero-order valence-corrected chi connectivity index (χ0v) is 7.64. The van der Waals surface area contributed by atoms with E-state index >= 15 is 0 Å². The number of rotatable bonds is 2. The number of halogens is 1. The monoisotopic (exact) mass is 193 g/mol.